The van der Waals surface area contributed by atoms with Crippen molar-refractivity contribution in [2.24, 2.45) is 20.0 Å². The van der Waals surface area contributed by atoms with Crippen LogP contribution in [-0.4, -0.2) is 21.8 Å². The van der Waals surface area contributed by atoms with Gasteiger partial charge in [0.05, 0.1) is 17.1 Å². The molecule has 0 N–H and O–H groups in total. The number of ether oxygens (including phenoxy) is 1. The standard InChI is InChI=1S/C16H21BrN2O2/c1-4-14-11(7-8-21-14)15(17)10-5-6-12-13(9-10)19(3)16(20)18(12)2/h5-6,9,11,14-15H,4,7-8H2,1-3H3. The number of aryl methyl sites for hydroxylation is 2. The molecule has 0 radical (unpaired) electrons. The molecule has 114 valence electrons. The maximum Gasteiger partial charge on any atom is 0.328 e. The normalized spacial score (nSPS) is 23.8. The third-order valence-electron chi connectivity index (χ3n) is 4.65. The Labute approximate surface area is 132 Å². The van der Waals surface area contributed by atoms with Gasteiger partial charge in [-0.1, -0.05) is 28.9 Å². The molecule has 3 unspecified atom stereocenters. The van der Waals surface area contributed by atoms with E-state index in [0.717, 1.165) is 30.5 Å². The minimum absolute atomic E-state index is 0.0175. The van der Waals surface area contributed by atoms with Gasteiger partial charge in [0.2, 0.25) is 0 Å². The molecule has 1 aromatic carbocycles. The maximum atomic E-state index is 12.0. The molecule has 1 aromatic heterocycles. The SMILES string of the molecule is CCC1OCCC1C(Br)c1ccc2c(c1)n(C)c(=O)n2C. The molecule has 1 aliphatic rings. The molecule has 1 fully saturated rings. The highest BCUT2D eigenvalue weighted by molar-refractivity contribution is 9.09. The van der Waals surface area contributed by atoms with E-state index >= 15 is 0 Å². The van der Waals surface area contributed by atoms with Crippen molar-refractivity contribution in [3.05, 3.63) is 34.2 Å². The Bertz CT molecular complexity index is 719. The number of imidazole rings is 1. The molecular formula is C16H21BrN2O2. The van der Waals surface area contributed by atoms with Crippen molar-refractivity contribution in [3.63, 3.8) is 0 Å². The largest absolute Gasteiger partial charge is 0.378 e. The first kappa shape index (κ1) is 14.9. The summed E-state index contributed by atoms with van der Waals surface area (Å²) in [6.45, 7) is 3.02. The van der Waals surface area contributed by atoms with Gasteiger partial charge in [-0.25, -0.2) is 4.79 Å². The molecule has 5 heteroatoms. The van der Waals surface area contributed by atoms with Crippen LogP contribution in [0.4, 0.5) is 0 Å². The lowest BCUT2D eigenvalue weighted by atomic mass is 9.91. The zero-order valence-electron chi connectivity index (χ0n) is 12.7. The molecular weight excluding hydrogens is 332 g/mol. The summed E-state index contributed by atoms with van der Waals surface area (Å²) in [7, 11) is 3.64. The van der Waals surface area contributed by atoms with E-state index in [0.29, 0.717) is 12.0 Å². The first-order valence-electron chi connectivity index (χ1n) is 7.45. The van der Waals surface area contributed by atoms with Crippen molar-refractivity contribution >= 4 is 27.0 Å². The number of aromatic nitrogens is 2. The van der Waals surface area contributed by atoms with Crippen molar-refractivity contribution in [3.8, 4) is 0 Å². The molecule has 0 amide bonds. The molecule has 3 rings (SSSR count). The number of benzene rings is 1. The van der Waals surface area contributed by atoms with E-state index in [-0.39, 0.29) is 10.5 Å². The van der Waals surface area contributed by atoms with Gasteiger partial charge < -0.3 is 4.74 Å². The second kappa shape index (κ2) is 5.61. The van der Waals surface area contributed by atoms with Crippen LogP contribution in [0.5, 0.6) is 0 Å². The molecule has 1 saturated heterocycles. The highest BCUT2D eigenvalue weighted by Gasteiger charge is 2.33. The van der Waals surface area contributed by atoms with Gasteiger partial charge in [-0.05, 0) is 30.5 Å². The smallest absolute Gasteiger partial charge is 0.328 e. The molecule has 21 heavy (non-hydrogen) atoms. The molecule has 1 aliphatic heterocycles. The summed E-state index contributed by atoms with van der Waals surface area (Å²) in [6.07, 6.45) is 2.45. The van der Waals surface area contributed by atoms with Gasteiger partial charge in [-0.3, -0.25) is 9.13 Å². The fourth-order valence-corrected chi connectivity index (χ4v) is 4.25. The van der Waals surface area contributed by atoms with Gasteiger partial charge in [0.25, 0.3) is 0 Å². The Morgan fingerprint density at radius 2 is 2.05 bits per heavy atom. The lowest BCUT2D eigenvalue weighted by Crippen LogP contribution is -2.19. The predicted molar refractivity (Wildman–Crippen MR) is 88.0 cm³/mol. The van der Waals surface area contributed by atoms with Crippen molar-refractivity contribution in [1.82, 2.24) is 9.13 Å². The second-order valence-electron chi connectivity index (χ2n) is 5.82. The number of fused-ring (bicyclic) bond motifs is 1. The minimum Gasteiger partial charge on any atom is -0.378 e. The zero-order chi connectivity index (χ0) is 15.1. The van der Waals surface area contributed by atoms with E-state index < -0.39 is 0 Å². The van der Waals surface area contributed by atoms with Crippen LogP contribution in [0.1, 0.15) is 30.2 Å². The number of halogens is 1. The third-order valence-corrected chi connectivity index (χ3v) is 5.86. The summed E-state index contributed by atoms with van der Waals surface area (Å²) >= 11 is 3.86. The van der Waals surface area contributed by atoms with Gasteiger partial charge in [0, 0.05) is 31.4 Å². The van der Waals surface area contributed by atoms with Crippen molar-refractivity contribution < 1.29 is 4.74 Å². The van der Waals surface area contributed by atoms with Gasteiger partial charge in [-0.2, -0.15) is 0 Å². The molecule has 0 bridgehead atoms. The Hall–Kier alpha value is -1.07. The monoisotopic (exact) mass is 352 g/mol. The van der Waals surface area contributed by atoms with E-state index in [2.05, 4.69) is 35.0 Å². The Kier molecular flexibility index (Phi) is 3.97. The van der Waals surface area contributed by atoms with Crippen LogP contribution in [-0.2, 0) is 18.8 Å². The third kappa shape index (κ3) is 2.36. The predicted octanol–water partition coefficient (Wildman–Crippen LogP) is 3.13. The van der Waals surface area contributed by atoms with Crippen molar-refractivity contribution in [2.75, 3.05) is 6.61 Å². The first-order valence-corrected chi connectivity index (χ1v) is 8.37. The number of rotatable bonds is 3. The summed E-state index contributed by atoms with van der Waals surface area (Å²) in [5.41, 5.74) is 3.19. The topological polar surface area (TPSA) is 36.2 Å². The summed E-state index contributed by atoms with van der Waals surface area (Å²) in [5.74, 6) is 0.494. The van der Waals surface area contributed by atoms with Crippen LogP contribution in [0.3, 0.4) is 0 Å². The number of nitrogens with zero attached hydrogens (tertiary/aromatic N) is 2. The van der Waals surface area contributed by atoms with Gasteiger partial charge in [0.15, 0.2) is 0 Å². The second-order valence-corrected chi connectivity index (χ2v) is 6.81. The van der Waals surface area contributed by atoms with E-state index in [9.17, 15) is 4.79 Å². The van der Waals surface area contributed by atoms with Gasteiger partial charge in [0.1, 0.15) is 0 Å². The minimum atomic E-state index is 0.0175. The molecule has 0 spiro atoms. The average Bonchev–Trinajstić information content (AvgIpc) is 3.06. The number of alkyl halides is 1. The molecule has 0 saturated carbocycles. The summed E-state index contributed by atoms with van der Waals surface area (Å²) in [5, 5.41) is 0. The lowest BCUT2D eigenvalue weighted by Gasteiger charge is -2.22. The van der Waals surface area contributed by atoms with Gasteiger partial charge >= 0.3 is 5.69 Å². The van der Waals surface area contributed by atoms with Crippen LogP contribution < -0.4 is 5.69 Å². The van der Waals surface area contributed by atoms with Crippen LogP contribution in [0.15, 0.2) is 23.0 Å². The van der Waals surface area contributed by atoms with Gasteiger partial charge in [-0.15, -0.1) is 0 Å². The number of hydrogen-bond donors (Lipinski definition) is 0. The molecule has 2 aromatic rings. The summed E-state index contributed by atoms with van der Waals surface area (Å²) in [6, 6.07) is 6.28. The van der Waals surface area contributed by atoms with Crippen LogP contribution >= 0.6 is 15.9 Å². The average molecular weight is 353 g/mol. The Balaban J connectivity index is 2.01. The van der Waals surface area contributed by atoms with E-state index in [1.165, 1.54) is 5.56 Å². The Morgan fingerprint density at radius 3 is 2.76 bits per heavy atom. The molecule has 4 nitrogen and oxygen atoms in total. The van der Waals surface area contributed by atoms with E-state index in [4.69, 9.17) is 4.74 Å². The quantitative estimate of drug-likeness (QED) is 0.795. The van der Waals surface area contributed by atoms with Crippen molar-refractivity contribution in [1.29, 1.82) is 0 Å². The van der Waals surface area contributed by atoms with Crippen molar-refractivity contribution in [2.45, 2.75) is 30.7 Å². The van der Waals surface area contributed by atoms with E-state index in [1.807, 2.05) is 20.2 Å². The maximum absolute atomic E-state index is 12.0. The van der Waals surface area contributed by atoms with Crippen LogP contribution in [0, 0.1) is 5.92 Å². The highest BCUT2D eigenvalue weighted by atomic mass is 79.9. The van der Waals surface area contributed by atoms with Crippen LogP contribution in [0.2, 0.25) is 0 Å². The van der Waals surface area contributed by atoms with Crippen LogP contribution in [0.25, 0.3) is 11.0 Å². The number of hydrogen-bond acceptors (Lipinski definition) is 2. The molecule has 3 atom stereocenters. The fourth-order valence-electron chi connectivity index (χ4n) is 3.36. The molecule has 0 aliphatic carbocycles. The first-order chi connectivity index (χ1) is 10.0. The summed E-state index contributed by atoms with van der Waals surface area (Å²) < 4.78 is 9.20. The highest BCUT2D eigenvalue weighted by Crippen LogP contribution is 2.41. The summed E-state index contributed by atoms with van der Waals surface area (Å²) in [4.78, 5) is 12.3. The zero-order valence-corrected chi connectivity index (χ0v) is 14.3. The lowest BCUT2D eigenvalue weighted by molar-refractivity contribution is 0.0873. The molecule has 2 heterocycles. The van der Waals surface area contributed by atoms with E-state index in [1.54, 1.807) is 9.13 Å². The fraction of sp³-hybridized carbons (Fsp3) is 0.562. The Morgan fingerprint density at radius 1 is 1.33 bits per heavy atom.